The molecule has 6 heteroatoms. The number of piperazine rings is 1. The molecule has 0 aromatic heterocycles. The van der Waals surface area contributed by atoms with Gasteiger partial charge in [-0.3, -0.25) is 4.90 Å². The number of hydrogen-bond acceptors (Lipinski definition) is 6. The van der Waals surface area contributed by atoms with Crippen molar-refractivity contribution in [2.75, 3.05) is 93.8 Å². The zero-order valence-corrected chi connectivity index (χ0v) is 14.3. The molecule has 1 unspecified atom stereocenters. The van der Waals surface area contributed by atoms with E-state index < -0.39 is 6.10 Å². The fourth-order valence-corrected chi connectivity index (χ4v) is 2.53. The lowest BCUT2D eigenvalue weighted by molar-refractivity contribution is 0.0416. The van der Waals surface area contributed by atoms with Crippen molar-refractivity contribution in [2.45, 2.75) is 6.10 Å². The molecule has 1 N–H and O–H groups in total. The van der Waals surface area contributed by atoms with Crippen molar-refractivity contribution >= 4 is 0 Å². The van der Waals surface area contributed by atoms with Crippen LogP contribution in [0.25, 0.3) is 0 Å². The van der Waals surface area contributed by atoms with Gasteiger partial charge in [-0.25, -0.2) is 0 Å². The second-order valence-corrected chi connectivity index (χ2v) is 6.32. The van der Waals surface area contributed by atoms with E-state index in [1.807, 2.05) is 7.05 Å². The van der Waals surface area contributed by atoms with E-state index in [9.17, 15) is 5.11 Å². The third kappa shape index (κ3) is 8.70. The first kappa shape index (κ1) is 18.8. The Balaban J connectivity index is 2.06. The zero-order valence-electron chi connectivity index (χ0n) is 14.3. The number of methoxy groups -OCH3 is 1. The summed E-state index contributed by atoms with van der Waals surface area (Å²) in [5.41, 5.74) is 0. The fourth-order valence-electron chi connectivity index (χ4n) is 2.53. The Morgan fingerprint density at radius 3 is 2.29 bits per heavy atom. The standard InChI is InChI=1S/C15H34N4O2/c1-16(5-6-18(3)13-15(20)14-21-4)7-10-19-11-8-17(2)9-12-19/h15,20H,5-14H2,1-4H3. The van der Waals surface area contributed by atoms with Crippen LogP contribution in [-0.2, 0) is 4.74 Å². The molecule has 1 atom stereocenters. The van der Waals surface area contributed by atoms with Crippen molar-refractivity contribution in [1.29, 1.82) is 0 Å². The monoisotopic (exact) mass is 302 g/mol. The lowest BCUT2D eigenvalue weighted by atomic mass is 10.3. The minimum atomic E-state index is -0.393. The van der Waals surface area contributed by atoms with E-state index in [-0.39, 0.29) is 0 Å². The van der Waals surface area contributed by atoms with Crippen molar-refractivity contribution in [1.82, 2.24) is 19.6 Å². The van der Waals surface area contributed by atoms with Crippen LogP contribution >= 0.6 is 0 Å². The van der Waals surface area contributed by atoms with Gasteiger partial charge in [-0.1, -0.05) is 0 Å². The number of ether oxygens (including phenoxy) is 1. The van der Waals surface area contributed by atoms with Gasteiger partial charge in [-0.05, 0) is 21.1 Å². The largest absolute Gasteiger partial charge is 0.389 e. The van der Waals surface area contributed by atoms with Gasteiger partial charge in [0.1, 0.15) is 0 Å². The van der Waals surface area contributed by atoms with E-state index in [1.165, 1.54) is 26.2 Å². The van der Waals surface area contributed by atoms with Crippen LogP contribution < -0.4 is 0 Å². The molecular weight excluding hydrogens is 268 g/mol. The van der Waals surface area contributed by atoms with Crippen LogP contribution in [0, 0.1) is 0 Å². The number of rotatable bonds is 10. The smallest absolute Gasteiger partial charge is 0.0899 e. The highest BCUT2D eigenvalue weighted by molar-refractivity contribution is 4.70. The minimum Gasteiger partial charge on any atom is -0.389 e. The molecule has 126 valence electrons. The van der Waals surface area contributed by atoms with Gasteiger partial charge in [0.05, 0.1) is 12.7 Å². The summed E-state index contributed by atoms with van der Waals surface area (Å²) in [4.78, 5) is 9.47. The van der Waals surface area contributed by atoms with Crippen molar-refractivity contribution in [3.8, 4) is 0 Å². The highest BCUT2D eigenvalue weighted by atomic mass is 16.5. The van der Waals surface area contributed by atoms with Crippen LogP contribution in [0.5, 0.6) is 0 Å². The molecule has 0 spiro atoms. The van der Waals surface area contributed by atoms with Crippen molar-refractivity contribution in [3.63, 3.8) is 0 Å². The third-order valence-corrected chi connectivity index (χ3v) is 4.14. The maximum absolute atomic E-state index is 9.69. The molecule has 1 fully saturated rings. The van der Waals surface area contributed by atoms with E-state index in [2.05, 4.69) is 33.7 Å². The predicted molar refractivity (Wildman–Crippen MR) is 86.8 cm³/mol. The average molecular weight is 302 g/mol. The number of aliphatic hydroxyl groups excluding tert-OH is 1. The maximum atomic E-state index is 9.69. The maximum Gasteiger partial charge on any atom is 0.0899 e. The van der Waals surface area contributed by atoms with Crippen molar-refractivity contribution in [2.24, 2.45) is 0 Å². The normalized spacial score (nSPS) is 19.6. The topological polar surface area (TPSA) is 42.4 Å². The van der Waals surface area contributed by atoms with Gasteiger partial charge < -0.3 is 24.5 Å². The van der Waals surface area contributed by atoms with Gasteiger partial charge in [-0.15, -0.1) is 0 Å². The Labute approximate surface area is 130 Å². The minimum absolute atomic E-state index is 0.393. The summed E-state index contributed by atoms with van der Waals surface area (Å²) in [7, 11) is 8.04. The second kappa shape index (κ2) is 10.5. The van der Waals surface area contributed by atoms with Gasteiger partial charge in [0.2, 0.25) is 0 Å². The first-order chi connectivity index (χ1) is 10.0. The fraction of sp³-hybridized carbons (Fsp3) is 1.00. The zero-order chi connectivity index (χ0) is 15.7. The Morgan fingerprint density at radius 1 is 1.05 bits per heavy atom. The van der Waals surface area contributed by atoms with Gasteiger partial charge in [-0.2, -0.15) is 0 Å². The molecule has 0 aromatic rings. The first-order valence-electron chi connectivity index (χ1n) is 7.96. The SMILES string of the molecule is COCC(O)CN(C)CCN(C)CCN1CCN(C)CC1. The van der Waals surface area contributed by atoms with Crippen molar-refractivity contribution in [3.05, 3.63) is 0 Å². The number of nitrogens with zero attached hydrogens (tertiary/aromatic N) is 4. The summed E-state index contributed by atoms with van der Waals surface area (Å²) in [6.07, 6.45) is -0.393. The first-order valence-corrected chi connectivity index (χ1v) is 7.96. The van der Waals surface area contributed by atoms with Crippen molar-refractivity contribution < 1.29 is 9.84 Å². The van der Waals surface area contributed by atoms with Gasteiger partial charge in [0, 0.05) is 66.0 Å². The van der Waals surface area contributed by atoms with Crippen LogP contribution in [0.15, 0.2) is 0 Å². The van der Waals surface area contributed by atoms with Gasteiger partial charge in [0.25, 0.3) is 0 Å². The highest BCUT2D eigenvalue weighted by Gasteiger charge is 2.14. The summed E-state index contributed by atoms with van der Waals surface area (Å²) in [5.74, 6) is 0. The summed E-state index contributed by atoms with van der Waals surface area (Å²) in [6.45, 7) is 10.1. The molecule has 0 radical (unpaired) electrons. The van der Waals surface area contributed by atoms with E-state index in [0.29, 0.717) is 13.2 Å². The molecule has 0 bridgehead atoms. The van der Waals surface area contributed by atoms with Crippen LogP contribution in [0.1, 0.15) is 0 Å². The predicted octanol–water partition coefficient (Wildman–Crippen LogP) is -0.895. The lowest BCUT2D eigenvalue weighted by Gasteiger charge is -2.33. The van der Waals surface area contributed by atoms with Crippen LogP contribution in [0.2, 0.25) is 0 Å². The number of hydrogen-bond donors (Lipinski definition) is 1. The Kier molecular flexibility index (Phi) is 9.39. The number of aliphatic hydroxyl groups is 1. The van der Waals surface area contributed by atoms with E-state index in [4.69, 9.17) is 4.74 Å². The average Bonchev–Trinajstić information content (AvgIpc) is 2.44. The number of likely N-dealkylation sites (N-methyl/N-ethyl adjacent to an activating group) is 3. The molecule has 21 heavy (non-hydrogen) atoms. The summed E-state index contributed by atoms with van der Waals surface area (Å²) in [5, 5.41) is 9.69. The molecule has 0 aromatic carbocycles. The molecule has 1 rings (SSSR count). The van der Waals surface area contributed by atoms with Gasteiger partial charge >= 0.3 is 0 Å². The van der Waals surface area contributed by atoms with E-state index >= 15 is 0 Å². The summed E-state index contributed by atoms with van der Waals surface area (Å²) < 4.78 is 4.95. The summed E-state index contributed by atoms with van der Waals surface area (Å²) in [6, 6.07) is 0. The Bertz CT molecular complexity index is 260. The van der Waals surface area contributed by atoms with Crippen LogP contribution in [0.4, 0.5) is 0 Å². The van der Waals surface area contributed by atoms with Gasteiger partial charge in [0.15, 0.2) is 0 Å². The molecule has 0 aliphatic carbocycles. The molecule has 1 heterocycles. The summed E-state index contributed by atoms with van der Waals surface area (Å²) >= 11 is 0. The van der Waals surface area contributed by atoms with E-state index in [0.717, 1.165) is 26.2 Å². The van der Waals surface area contributed by atoms with E-state index in [1.54, 1.807) is 7.11 Å². The molecule has 1 aliphatic rings. The Morgan fingerprint density at radius 2 is 1.67 bits per heavy atom. The molecule has 0 saturated carbocycles. The van der Waals surface area contributed by atoms with Crippen LogP contribution in [-0.4, -0.2) is 125 Å². The molecular formula is C15H34N4O2. The highest BCUT2D eigenvalue weighted by Crippen LogP contribution is 1.99. The molecule has 0 amide bonds. The quantitative estimate of drug-likeness (QED) is 0.564. The Hall–Kier alpha value is -0.240. The molecule has 1 saturated heterocycles. The van der Waals surface area contributed by atoms with Crippen LogP contribution in [0.3, 0.4) is 0 Å². The lowest BCUT2D eigenvalue weighted by Crippen LogP contribution is -2.47. The second-order valence-electron chi connectivity index (χ2n) is 6.32. The molecule has 1 aliphatic heterocycles. The molecule has 6 nitrogen and oxygen atoms in total. The third-order valence-electron chi connectivity index (χ3n) is 4.14.